The highest BCUT2D eigenvalue weighted by Gasteiger charge is 2.46. The lowest BCUT2D eigenvalue weighted by Gasteiger charge is -2.42. The van der Waals surface area contributed by atoms with E-state index in [0.29, 0.717) is 18.1 Å². The quantitative estimate of drug-likeness (QED) is 0.849. The summed E-state index contributed by atoms with van der Waals surface area (Å²) in [5.41, 5.74) is 1.73. The molecule has 0 radical (unpaired) electrons. The zero-order valence-electron chi connectivity index (χ0n) is 14.5. The highest BCUT2D eigenvalue weighted by atomic mass is 16.6. The summed E-state index contributed by atoms with van der Waals surface area (Å²) < 4.78 is 5.46. The van der Waals surface area contributed by atoms with E-state index < -0.39 is 0 Å². The number of hydrogen-bond donors (Lipinski definition) is 0. The van der Waals surface area contributed by atoms with Crippen molar-refractivity contribution in [2.24, 2.45) is 5.41 Å². The standard InChI is InChI=1S/C20H28N2O2/c23-19(24-15-17-5-2-1-3-6-17)21-13-7-18(8-14-21)22-12-4-9-20(16-22)10-11-20/h1-3,5-6,18H,4,7-16H2. The van der Waals surface area contributed by atoms with Crippen LogP contribution in [0.4, 0.5) is 4.79 Å². The van der Waals surface area contributed by atoms with Gasteiger partial charge in [-0.3, -0.25) is 4.90 Å². The third-order valence-corrected chi connectivity index (χ3v) is 6.09. The van der Waals surface area contributed by atoms with Crippen molar-refractivity contribution >= 4 is 6.09 Å². The molecule has 4 rings (SSSR count). The van der Waals surface area contributed by atoms with Gasteiger partial charge in [-0.2, -0.15) is 0 Å². The van der Waals surface area contributed by atoms with Crippen LogP contribution in [0.1, 0.15) is 44.1 Å². The number of ether oxygens (including phenoxy) is 1. The third kappa shape index (κ3) is 3.59. The lowest BCUT2D eigenvalue weighted by molar-refractivity contribution is 0.0498. The Morgan fingerprint density at radius 3 is 2.54 bits per heavy atom. The van der Waals surface area contributed by atoms with Gasteiger partial charge in [-0.1, -0.05) is 30.3 Å². The molecule has 24 heavy (non-hydrogen) atoms. The fraction of sp³-hybridized carbons (Fsp3) is 0.650. The normalized spacial score (nSPS) is 24.1. The summed E-state index contributed by atoms with van der Waals surface area (Å²) in [5.74, 6) is 0. The van der Waals surface area contributed by atoms with E-state index in [0.717, 1.165) is 31.5 Å². The fourth-order valence-electron chi connectivity index (χ4n) is 4.37. The molecule has 4 heteroatoms. The Labute approximate surface area is 144 Å². The number of benzene rings is 1. The number of rotatable bonds is 3. The average Bonchev–Trinajstić information content (AvgIpc) is 3.39. The van der Waals surface area contributed by atoms with Crippen molar-refractivity contribution in [2.75, 3.05) is 26.2 Å². The van der Waals surface area contributed by atoms with Crippen molar-refractivity contribution < 1.29 is 9.53 Å². The molecular weight excluding hydrogens is 300 g/mol. The maximum atomic E-state index is 12.3. The van der Waals surface area contributed by atoms with E-state index in [1.54, 1.807) is 0 Å². The number of hydrogen-bond acceptors (Lipinski definition) is 3. The molecule has 0 atom stereocenters. The minimum atomic E-state index is -0.158. The van der Waals surface area contributed by atoms with Crippen molar-refractivity contribution in [3.05, 3.63) is 35.9 Å². The molecule has 1 aromatic carbocycles. The Morgan fingerprint density at radius 1 is 1.08 bits per heavy atom. The van der Waals surface area contributed by atoms with Crippen LogP contribution in [0.15, 0.2) is 30.3 Å². The second kappa shape index (κ2) is 6.75. The van der Waals surface area contributed by atoms with Gasteiger partial charge in [0.05, 0.1) is 0 Å². The Kier molecular flexibility index (Phi) is 4.49. The van der Waals surface area contributed by atoms with Crippen LogP contribution < -0.4 is 0 Å². The lowest BCUT2D eigenvalue weighted by Crippen LogP contribution is -2.50. The topological polar surface area (TPSA) is 32.8 Å². The van der Waals surface area contributed by atoms with E-state index >= 15 is 0 Å². The van der Waals surface area contributed by atoms with Gasteiger partial charge in [-0.15, -0.1) is 0 Å². The monoisotopic (exact) mass is 328 g/mol. The molecule has 3 aliphatic rings. The molecule has 0 bridgehead atoms. The van der Waals surface area contributed by atoms with Crippen molar-refractivity contribution in [3.63, 3.8) is 0 Å². The molecule has 1 spiro atoms. The lowest BCUT2D eigenvalue weighted by atomic mass is 9.92. The summed E-state index contributed by atoms with van der Waals surface area (Å²) >= 11 is 0. The molecule has 1 amide bonds. The predicted molar refractivity (Wildman–Crippen MR) is 93.7 cm³/mol. The van der Waals surface area contributed by atoms with Crippen molar-refractivity contribution in [2.45, 2.75) is 51.2 Å². The van der Waals surface area contributed by atoms with Gasteiger partial charge < -0.3 is 9.64 Å². The van der Waals surface area contributed by atoms with Crippen LogP contribution in [0.3, 0.4) is 0 Å². The number of carbonyl (C=O) groups is 1. The number of piperidine rings is 2. The predicted octanol–water partition coefficient (Wildman–Crippen LogP) is 3.66. The smallest absolute Gasteiger partial charge is 0.410 e. The molecule has 130 valence electrons. The second-order valence-electron chi connectivity index (χ2n) is 7.83. The summed E-state index contributed by atoms with van der Waals surface area (Å²) in [7, 11) is 0. The molecule has 1 aromatic rings. The molecule has 1 aliphatic carbocycles. The summed E-state index contributed by atoms with van der Waals surface area (Å²) in [6, 6.07) is 10.6. The maximum Gasteiger partial charge on any atom is 0.410 e. The first-order chi connectivity index (χ1) is 11.7. The Hall–Kier alpha value is -1.55. The maximum absolute atomic E-state index is 12.3. The molecule has 2 heterocycles. The summed E-state index contributed by atoms with van der Waals surface area (Å²) in [5, 5.41) is 0. The van der Waals surface area contributed by atoms with Gasteiger partial charge >= 0.3 is 6.09 Å². The van der Waals surface area contributed by atoms with Crippen LogP contribution >= 0.6 is 0 Å². The Balaban J connectivity index is 1.23. The van der Waals surface area contributed by atoms with E-state index in [-0.39, 0.29) is 6.09 Å². The molecule has 0 N–H and O–H groups in total. The molecule has 0 unspecified atom stereocenters. The van der Waals surface area contributed by atoms with E-state index in [4.69, 9.17) is 4.74 Å². The third-order valence-electron chi connectivity index (χ3n) is 6.09. The van der Waals surface area contributed by atoms with Crippen molar-refractivity contribution in [3.8, 4) is 0 Å². The van der Waals surface area contributed by atoms with E-state index in [2.05, 4.69) is 4.90 Å². The first-order valence-electron chi connectivity index (χ1n) is 9.44. The van der Waals surface area contributed by atoms with E-state index in [1.807, 2.05) is 35.2 Å². The van der Waals surface area contributed by atoms with Gasteiger partial charge in [0, 0.05) is 25.7 Å². The summed E-state index contributed by atoms with van der Waals surface area (Å²) in [6.45, 7) is 4.60. The van der Waals surface area contributed by atoms with Crippen molar-refractivity contribution in [1.82, 2.24) is 9.80 Å². The van der Waals surface area contributed by atoms with Gasteiger partial charge in [0.25, 0.3) is 0 Å². The molecule has 4 nitrogen and oxygen atoms in total. The van der Waals surface area contributed by atoms with Crippen LogP contribution in [0.2, 0.25) is 0 Å². The second-order valence-corrected chi connectivity index (χ2v) is 7.83. The number of nitrogens with zero attached hydrogens (tertiary/aromatic N) is 2. The van der Waals surface area contributed by atoms with Crippen LogP contribution in [0.5, 0.6) is 0 Å². The van der Waals surface area contributed by atoms with E-state index in [9.17, 15) is 4.79 Å². The summed E-state index contributed by atoms with van der Waals surface area (Å²) in [4.78, 5) is 16.9. The van der Waals surface area contributed by atoms with Crippen molar-refractivity contribution in [1.29, 1.82) is 0 Å². The van der Waals surface area contributed by atoms with Crippen LogP contribution in [0.25, 0.3) is 0 Å². The number of carbonyl (C=O) groups excluding carboxylic acids is 1. The molecule has 2 saturated heterocycles. The minimum Gasteiger partial charge on any atom is -0.445 e. The SMILES string of the molecule is O=C(OCc1ccccc1)N1CCC(N2CCCC3(CC3)C2)CC1. The molecule has 3 fully saturated rings. The van der Waals surface area contributed by atoms with E-state index in [1.165, 1.54) is 38.8 Å². The van der Waals surface area contributed by atoms with Gasteiger partial charge in [0.15, 0.2) is 0 Å². The molecule has 0 aromatic heterocycles. The first-order valence-corrected chi connectivity index (χ1v) is 9.44. The molecular formula is C20H28N2O2. The number of likely N-dealkylation sites (tertiary alicyclic amines) is 2. The van der Waals surface area contributed by atoms with Gasteiger partial charge in [-0.05, 0) is 56.0 Å². The highest BCUT2D eigenvalue weighted by Crippen LogP contribution is 2.52. The summed E-state index contributed by atoms with van der Waals surface area (Å²) in [6.07, 6.45) is 7.71. The van der Waals surface area contributed by atoms with Gasteiger partial charge in [-0.25, -0.2) is 4.79 Å². The molecule has 1 saturated carbocycles. The zero-order chi connectivity index (χ0) is 16.4. The van der Waals surface area contributed by atoms with Crippen LogP contribution in [-0.2, 0) is 11.3 Å². The van der Waals surface area contributed by atoms with Crippen LogP contribution in [0, 0.1) is 5.41 Å². The fourth-order valence-corrected chi connectivity index (χ4v) is 4.37. The Bertz CT molecular complexity index is 562. The van der Waals surface area contributed by atoms with Gasteiger partial charge in [0.1, 0.15) is 6.61 Å². The van der Waals surface area contributed by atoms with Gasteiger partial charge in [0.2, 0.25) is 0 Å². The average molecular weight is 328 g/mol. The van der Waals surface area contributed by atoms with Crippen LogP contribution in [-0.4, -0.2) is 48.1 Å². The minimum absolute atomic E-state index is 0.158. The number of amides is 1. The Morgan fingerprint density at radius 2 is 1.83 bits per heavy atom. The highest BCUT2D eigenvalue weighted by molar-refractivity contribution is 5.67. The largest absolute Gasteiger partial charge is 0.445 e. The zero-order valence-corrected chi connectivity index (χ0v) is 14.5. The first kappa shape index (κ1) is 15.9. The molecule has 2 aliphatic heterocycles.